The maximum atomic E-state index is 4.40. The molecule has 0 aliphatic carbocycles. The fraction of sp³-hybridized carbons (Fsp3) is 0.273. The molecule has 0 spiro atoms. The van der Waals surface area contributed by atoms with Crippen molar-refractivity contribution in [3.05, 3.63) is 35.1 Å². The predicted octanol–water partition coefficient (Wildman–Crippen LogP) is 0.931. The Hall–Kier alpha value is -2.42. The van der Waals surface area contributed by atoms with Gasteiger partial charge in [-0.2, -0.15) is 24.7 Å². The summed E-state index contributed by atoms with van der Waals surface area (Å²) in [6.45, 7) is 2.72. The van der Waals surface area contributed by atoms with E-state index in [0.717, 1.165) is 11.6 Å². The van der Waals surface area contributed by atoms with Crippen molar-refractivity contribution in [2.45, 2.75) is 13.3 Å². The van der Waals surface area contributed by atoms with Crippen LogP contribution in [-0.4, -0.2) is 41.2 Å². The van der Waals surface area contributed by atoms with Crippen LogP contribution in [0.3, 0.4) is 0 Å². The van der Waals surface area contributed by atoms with E-state index >= 15 is 0 Å². The van der Waals surface area contributed by atoms with Crippen molar-refractivity contribution in [3.8, 4) is 5.95 Å². The van der Waals surface area contributed by atoms with Crippen molar-refractivity contribution < 1.29 is 0 Å². The second-order valence-electron chi connectivity index (χ2n) is 3.85. The quantitative estimate of drug-likeness (QED) is 0.746. The van der Waals surface area contributed by atoms with E-state index in [-0.39, 0.29) is 0 Å². The number of nitrogens with zero attached hydrogens (tertiary/aromatic N) is 7. The molecule has 102 valence electrons. The molecule has 9 heteroatoms. The Labute approximate surface area is 119 Å². The van der Waals surface area contributed by atoms with Gasteiger partial charge < -0.3 is 5.32 Å². The number of nitrogens with one attached hydrogen (secondary N) is 1. The van der Waals surface area contributed by atoms with Crippen LogP contribution in [0.1, 0.15) is 17.8 Å². The van der Waals surface area contributed by atoms with Crippen LogP contribution in [0.15, 0.2) is 24.2 Å². The van der Waals surface area contributed by atoms with Gasteiger partial charge >= 0.3 is 0 Å². The highest BCUT2D eigenvalue weighted by Gasteiger charge is 2.10. The summed E-state index contributed by atoms with van der Waals surface area (Å²) in [6.07, 6.45) is 5.33. The van der Waals surface area contributed by atoms with E-state index in [2.05, 4.69) is 35.3 Å². The van der Waals surface area contributed by atoms with Crippen LogP contribution in [0.25, 0.3) is 5.95 Å². The van der Waals surface area contributed by atoms with Gasteiger partial charge in [0.25, 0.3) is 5.95 Å². The number of rotatable bonds is 5. The molecule has 0 aliphatic heterocycles. The third-order valence-corrected chi connectivity index (χ3v) is 3.20. The van der Waals surface area contributed by atoms with Gasteiger partial charge in [-0.15, -0.1) is 11.3 Å². The first kappa shape index (κ1) is 12.6. The second-order valence-corrected chi connectivity index (χ2v) is 4.83. The summed E-state index contributed by atoms with van der Waals surface area (Å²) in [6, 6.07) is 0. The second kappa shape index (κ2) is 5.70. The molecule has 3 aromatic rings. The smallest absolute Gasteiger partial charge is 0.257 e. The average molecular weight is 288 g/mol. The largest absolute Gasteiger partial charge is 0.354 e. The Balaban J connectivity index is 1.96. The Morgan fingerprint density at radius 1 is 1.30 bits per heavy atom. The zero-order valence-corrected chi connectivity index (χ0v) is 11.6. The maximum absolute atomic E-state index is 4.40. The molecule has 0 fully saturated rings. The van der Waals surface area contributed by atoms with E-state index in [1.54, 1.807) is 23.9 Å². The van der Waals surface area contributed by atoms with Gasteiger partial charge in [0.15, 0.2) is 0 Å². The fourth-order valence-electron chi connectivity index (χ4n) is 1.61. The number of anilines is 1. The first-order chi connectivity index (χ1) is 9.85. The minimum atomic E-state index is 0.444. The van der Waals surface area contributed by atoms with Gasteiger partial charge in [0, 0.05) is 18.1 Å². The van der Waals surface area contributed by atoms with Crippen LogP contribution >= 0.6 is 11.3 Å². The molecule has 3 aromatic heterocycles. The van der Waals surface area contributed by atoms with Gasteiger partial charge in [-0.3, -0.25) is 0 Å². The van der Waals surface area contributed by atoms with Crippen molar-refractivity contribution in [3.63, 3.8) is 0 Å². The van der Waals surface area contributed by atoms with Crippen LogP contribution in [0.5, 0.6) is 0 Å². The highest BCUT2D eigenvalue weighted by atomic mass is 32.1. The summed E-state index contributed by atoms with van der Waals surface area (Å²) in [7, 11) is 0. The van der Waals surface area contributed by atoms with E-state index in [4.69, 9.17) is 0 Å². The summed E-state index contributed by atoms with van der Waals surface area (Å²) >= 11 is 1.57. The number of hydrogen-bond donors (Lipinski definition) is 1. The number of hydrogen-bond acceptors (Lipinski definition) is 8. The summed E-state index contributed by atoms with van der Waals surface area (Å²) in [5, 5.41) is 10.0. The molecular weight excluding hydrogens is 276 g/mol. The van der Waals surface area contributed by atoms with Crippen molar-refractivity contribution in [1.82, 2.24) is 34.7 Å². The standard InChI is InChI=1S/C11H12N8S/c1-2-13-10-16-8(5-9-14-3-4-20-9)17-11(18-10)19-7-12-6-15-19/h3-4,6-7H,2,5H2,1H3,(H,13,16,17,18). The van der Waals surface area contributed by atoms with Gasteiger partial charge in [0.05, 0.1) is 6.42 Å². The monoisotopic (exact) mass is 288 g/mol. The Bertz CT molecular complexity index is 664. The summed E-state index contributed by atoms with van der Waals surface area (Å²) in [5.74, 6) is 1.62. The highest BCUT2D eigenvalue weighted by Crippen LogP contribution is 2.11. The first-order valence-electron chi connectivity index (χ1n) is 6.07. The number of thiazole rings is 1. The average Bonchev–Trinajstić information content (AvgIpc) is 3.11. The third-order valence-electron chi connectivity index (χ3n) is 2.42. The topological polar surface area (TPSA) is 94.3 Å². The van der Waals surface area contributed by atoms with E-state index in [0.29, 0.717) is 24.1 Å². The maximum Gasteiger partial charge on any atom is 0.257 e. The Kier molecular flexibility index (Phi) is 3.59. The Morgan fingerprint density at radius 3 is 2.95 bits per heavy atom. The number of aromatic nitrogens is 7. The summed E-state index contributed by atoms with van der Waals surface area (Å²) < 4.78 is 1.51. The molecule has 1 N–H and O–H groups in total. The van der Waals surface area contributed by atoms with Gasteiger partial charge in [0.2, 0.25) is 5.95 Å². The normalized spacial score (nSPS) is 10.7. The van der Waals surface area contributed by atoms with E-state index < -0.39 is 0 Å². The lowest BCUT2D eigenvalue weighted by Crippen LogP contribution is -2.12. The lowest BCUT2D eigenvalue weighted by Gasteiger charge is -2.06. The molecule has 0 saturated heterocycles. The van der Waals surface area contributed by atoms with E-state index in [1.807, 2.05) is 12.3 Å². The molecule has 20 heavy (non-hydrogen) atoms. The molecule has 0 unspecified atom stereocenters. The van der Waals surface area contributed by atoms with Gasteiger partial charge in [-0.25, -0.2) is 9.97 Å². The van der Waals surface area contributed by atoms with Crippen molar-refractivity contribution >= 4 is 17.3 Å². The van der Waals surface area contributed by atoms with Crippen LogP contribution < -0.4 is 5.32 Å². The molecule has 3 heterocycles. The minimum Gasteiger partial charge on any atom is -0.354 e. The molecular formula is C11H12N8S. The molecule has 0 aromatic carbocycles. The van der Waals surface area contributed by atoms with Crippen LogP contribution in [0.2, 0.25) is 0 Å². The van der Waals surface area contributed by atoms with Crippen molar-refractivity contribution in [1.29, 1.82) is 0 Å². The lowest BCUT2D eigenvalue weighted by atomic mass is 10.4. The third kappa shape index (κ3) is 2.77. The molecule has 0 saturated carbocycles. The lowest BCUT2D eigenvalue weighted by molar-refractivity contribution is 0.771. The molecule has 0 aliphatic rings. The summed E-state index contributed by atoms with van der Waals surface area (Å²) in [4.78, 5) is 21.2. The van der Waals surface area contributed by atoms with Gasteiger partial charge in [0.1, 0.15) is 23.5 Å². The first-order valence-corrected chi connectivity index (χ1v) is 6.95. The zero-order chi connectivity index (χ0) is 13.8. The van der Waals surface area contributed by atoms with Crippen LogP contribution in [-0.2, 0) is 6.42 Å². The Morgan fingerprint density at radius 2 is 2.25 bits per heavy atom. The molecule has 8 nitrogen and oxygen atoms in total. The van der Waals surface area contributed by atoms with Crippen molar-refractivity contribution in [2.75, 3.05) is 11.9 Å². The molecule has 0 radical (unpaired) electrons. The SMILES string of the molecule is CCNc1nc(Cc2nccs2)nc(-n2cncn2)n1. The van der Waals surface area contributed by atoms with Crippen molar-refractivity contribution in [2.24, 2.45) is 0 Å². The van der Waals surface area contributed by atoms with E-state index in [1.165, 1.54) is 11.0 Å². The van der Waals surface area contributed by atoms with Crippen LogP contribution in [0.4, 0.5) is 5.95 Å². The van der Waals surface area contributed by atoms with Gasteiger partial charge in [-0.05, 0) is 6.92 Å². The minimum absolute atomic E-state index is 0.444. The fourth-order valence-corrected chi connectivity index (χ4v) is 2.23. The molecule has 0 amide bonds. The summed E-state index contributed by atoms with van der Waals surface area (Å²) in [5.41, 5.74) is 0. The molecule has 0 atom stereocenters. The predicted molar refractivity (Wildman–Crippen MR) is 73.8 cm³/mol. The highest BCUT2D eigenvalue weighted by molar-refractivity contribution is 7.09. The van der Waals surface area contributed by atoms with E-state index in [9.17, 15) is 0 Å². The van der Waals surface area contributed by atoms with Crippen LogP contribution in [0, 0.1) is 0 Å². The molecule has 3 rings (SSSR count). The zero-order valence-electron chi connectivity index (χ0n) is 10.8. The van der Waals surface area contributed by atoms with Gasteiger partial charge in [-0.1, -0.05) is 0 Å². The molecule has 0 bridgehead atoms.